The van der Waals surface area contributed by atoms with Crippen LogP contribution in [0.5, 0.6) is 0 Å². The standard InChI is InChI=1S/C15H22N4O4/c1-3-18(4-2)13-9-5-6-19(14(9)17-8-16-13)15-12(22)11(21)10(7-20)23-15/h5-6,8,10-12,15,20-22H,3-4,7H2,1-2H3/t10-,11-,12-,15-/m1/s1. The SMILES string of the molecule is CCN(CC)c1ncnc2c1ccn2[C@@H]1O[C@H](CO)[C@@H](O)[C@H]1O. The summed E-state index contributed by atoms with van der Waals surface area (Å²) in [6.45, 7) is 5.40. The van der Waals surface area contributed by atoms with Gasteiger partial charge in [-0.2, -0.15) is 0 Å². The van der Waals surface area contributed by atoms with E-state index < -0.39 is 24.5 Å². The minimum atomic E-state index is -1.13. The van der Waals surface area contributed by atoms with Crippen molar-refractivity contribution < 1.29 is 20.1 Å². The fourth-order valence-electron chi connectivity index (χ4n) is 3.05. The Kier molecular flexibility index (Phi) is 4.49. The second-order valence-corrected chi connectivity index (χ2v) is 5.56. The number of ether oxygens (including phenoxy) is 1. The van der Waals surface area contributed by atoms with Crippen LogP contribution in [0.3, 0.4) is 0 Å². The molecular weight excluding hydrogens is 300 g/mol. The normalized spacial score (nSPS) is 27.7. The Bertz CT molecular complexity index is 673. The zero-order chi connectivity index (χ0) is 16.6. The molecular formula is C15H22N4O4. The van der Waals surface area contributed by atoms with Gasteiger partial charge in [-0.3, -0.25) is 0 Å². The highest BCUT2D eigenvalue weighted by Crippen LogP contribution is 2.33. The van der Waals surface area contributed by atoms with Gasteiger partial charge in [0.15, 0.2) is 6.23 Å². The zero-order valence-electron chi connectivity index (χ0n) is 13.2. The zero-order valence-corrected chi connectivity index (χ0v) is 13.2. The maximum absolute atomic E-state index is 10.2. The first-order chi connectivity index (χ1) is 11.1. The van der Waals surface area contributed by atoms with Crippen LogP contribution in [0, 0.1) is 0 Å². The van der Waals surface area contributed by atoms with Gasteiger partial charge in [0, 0.05) is 19.3 Å². The fraction of sp³-hybridized carbons (Fsp3) is 0.600. The van der Waals surface area contributed by atoms with Gasteiger partial charge in [0.1, 0.15) is 36.1 Å². The summed E-state index contributed by atoms with van der Waals surface area (Å²) in [7, 11) is 0. The Morgan fingerprint density at radius 3 is 2.57 bits per heavy atom. The fourth-order valence-corrected chi connectivity index (χ4v) is 3.05. The molecule has 8 nitrogen and oxygen atoms in total. The van der Waals surface area contributed by atoms with Gasteiger partial charge in [-0.1, -0.05) is 0 Å². The molecule has 3 heterocycles. The summed E-state index contributed by atoms with van der Waals surface area (Å²) >= 11 is 0. The molecule has 1 aliphatic heterocycles. The molecule has 1 saturated heterocycles. The highest BCUT2D eigenvalue weighted by atomic mass is 16.6. The first-order valence-electron chi connectivity index (χ1n) is 7.81. The number of aliphatic hydroxyl groups excluding tert-OH is 3. The van der Waals surface area contributed by atoms with E-state index >= 15 is 0 Å². The summed E-state index contributed by atoms with van der Waals surface area (Å²) in [5, 5.41) is 30.2. The maximum Gasteiger partial charge on any atom is 0.164 e. The van der Waals surface area contributed by atoms with E-state index in [1.165, 1.54) is 6.33 Å². The average molecular weight is 322 g/mol. The molecule has 0 bridgehead atoms. The van der Waals surface area contributed by atoms with Crippen molar-refractivity contribution in [2.75, 3.05) is 24.6 Å². The molecule has 3 N–H and O–H groups in total. The molecule has 0 amide bonds. The molecule has 4 atom stereocenters. The number of fused-ring (bicyclic) bond motifs is 1. The quantitative estimate of drug-likeness (QED) is 0.705. The van der Waals surface area contributed by atoms with Crippen LogP contribution in [0.25, 0.3) is 11.0 Å². The lowest BCUT2D eigenvalue weighted by Gasteiger charge is -2.21. The van der Waals surface area contributed by atoms with Gasteiger partial charge < -0.3 is 29.5 Å². The Balaban J connectivity index is 2.02. The predicted octanol–water partition coefficient (Wildman–Crippen LogP) is -0.111. The van der Waals surface area contributed by atoms with E-state index in [2.05, 4.69) is 28.7 Å². The van der Waals surface area contributed by atoms with Crippen molar-refractivity contribution in [3.63, 3.8) is 0 Å². The van der Waals surface area contributed by atoms with Crippen LogP contribution in [-0.4, -0.2) is 67.9 Å². The van der Waals surface area contributed by atoms with Crippen LogP contribution in [-0.2, 0) is 4.74 Å². The molecule has 2 aromatic rings. The second kappa shape index (κ2) is 6.40. The lowest BCUT2D eigenvalue weighted by Crippen LogP contribution is -2.33. The number of nitrogens with zero attached hydrogens (tertiary/aromatic N) is 4. The van der Waals surface area contributed by atoms with E-state index in [0.29, 0.717) is 5.65 Å². The Morgan fingerprint density at radius 2 is 1.96 bits per heavy atom. The molecule has 0 aliphatic carbocycles. The van der Waals surface area contributed by atoms with Crippen molar-refractivity contribution in [2.45, 2.75) is 38.4 Å². The van der Waals surface area contributed by atoms with Gasteiger partial charge in [0.2, 0.25) is 0 Å². The molecule has 8 heteroatoms. The predicted molar refractivity (Wildman–Crippen MR) is 84.1 cm³/mol. The van der Waals surface area contributed by atoms with Crippen molar-refractivity contribution in [1.82, 2.24) is 14.5 Å². The van der Waals surface area contributed by atoms with Crippen LogP contribution < -0.4 is 4.90 Å². The summed E-state index contributed by atoms with van der Waals surface area (Å²) in [5.74, 6) is 0.825. The number of anilines is 1. The van der Waals surface area contributed by atoms with Crippen LogP contribution in [0.1, 0.15) is 20.1 Å². The third kappa shape index (κ3) is 2.57. The van der Waals surface area contributed by atoms with Gasteiger partial charge in [-0.15, -0.1) is 0 Å². The van der Waals surface area contributed by atoms with Gasteiger partial charge in [-0.05, 0) is 19.9 Å². The molecule has 1 fully saturated rings. The van der Waals surface area contributed by atoms with E-state index in [1.807, 2.05) is 6.07 Å². The van der Waals surface area contributed by atoms with Gasteiger partial charge in [0.05, 0.1) is 12.0 Å². The van der Waals surface area contributed by atoms with Crippen molar-refractivity contribution in [3.8, 4) is 0 Å². The number of aromatic nitrogens is 3. The molecule has 23 heavy (non-hydrogen) atoms. The number of rotatable bonds is 5. The van der Waals surface area contributed by atoms with Crippen molar-refractivity contribution in [1.29, 1.82) is 0 Å². The van der Waals surface area contributed by atoms with E-state index in [-0.39, 0.29) is 6.61 Å². The number of hydrogen-bond donors (Lipinski definition) is 3. The molecule has 0 unspecified atom stereocenters. The molecule has 0 radical (unpaired) electrons. The highest BCUT2D eigenvalue weighted by Gasteiger charge is 2.43. The molecule has 3 rings (SSSR count). The third-order valence-electron chi connectivity index (χ3n) is 4.34. The Labute approximate surface area is 134 Å². The highest BCUT2D eigenvalue weighted by molar-refractivity contribution is 5.87. The van der Waals surface area contributed by atoms with Crippen molar-refractivity contribution in [3.05, 3.63) is 18.6 Å². The summed E-state index contributed by atoms with van der Waals surface area (Å²) < 4.78 is 7.25. The van der Waals surface area contributed by atoms with Crippen LogP contribution in [0.15, 0.2) is 18.6 Å². The van der Waals surface area contributed by atoms with Crippen LogP contribution in [0.4, 0.5) is 5.82 Å². The summed E-state index contributed by atoms with van der Waals surface area (Å²) in [4.78, 5) is 10.8. The van der Waals surface area contributed by atoms with E-state index in [1.54, 1.807) is 10.8 Å². The smallest absolute Gasteiger partial charge is 0.164 e. The molecule has 0 spiro atoms. The van der Waals surface area contributed by atoms with Gasteiger partial charge >= 0.3 is 0 Å². The lowest BCUT2D eigenvalue weighted by atomic mass is 10.1. The minimum Gasteiger partial charge on any atom is -0.394 e. The lowest BCUT2D eigenvalue weighted by molar-refractivity contribution is -0.0508. The first kappa shape index (κ1) is 16.1. The topological polar surface area (TPSA) is 104 Å². The summed E-state index contributed by atoms with van der Waals surface area (Å²) in [6.07, 6.45) is -0.627. The first-order valence-corrected chi connectivity index (χ1v) is 7.81. The maximum atomic E-state index is 10.2. The summed E-state index contributed by atoms with van der Waals surface area (Å²) in [6, 6.07) is 1.87. The summed E-state index contributed by atoms with van der Waals surface area (Å²) in [5.41, 5.74) is 0.622. The van der Waals surface area contributed by atoms with E-state index in [4.69, 9.17) is 4.74 Å². The van der Waals surface area contributed by atoms with E-state index in [0.717, 1.165) is 24.3 Å². The minimum absolute atomic E-state index is 0.354. The van der Waals surface area contributed by atoms with Crippen molar-refractivity contribution >= 4 is 16.9 Å². The second-order valence-electron chi connectivity index (χ2n) is 5.56. The van der Waals surface area contributed by atoms with Crippen LogP contribution in [0.2, 0.25) is 0 Å². The molecule has 126 valence electrons. The Morgan fingerprint density at radius 1 is 1.22 bits per heavy atom. The largest absolute Gasteiger partial charge is 0.394 e. The third-order valence-corrected chi connectivity index (χ3v) is 4.34. The molecule has 2 aromatic heterocycles. The van der Waals surface area contributed by atoms with Gasteiger partial charge in [-0.25, -0.2) is 9.97 Å². The molecule has 1 aliphatic rings. The number of aliphatic hydroxyl groups is 3. The van der Waals surface area contributed by atoms with Crippen LogP contribution >= 0.6 is 0 Å². The van der Waals surface area contributed by atoms with Gasteiger partial charge in [0.25, 0.3) is 0 Å². The average Bonchev–Trinajstić information content (AvgIpc) is 3.11. The van der Waals surface area contributed by atoms with E-state index in [9.17, 15) is 15.3 Å². The van der Waals surface area contributed by atoms with Crippen molar-refractivity contribution in [2.24, 2.45) is 0 Å². The molecule has 0 aromatic carbocycles. The Hall–Kier alpha value is -1.74. The molecule has 0 saturated carbocycles. The number of hydrogen-bond acceptors (Lipinski definition) is 7. The monoisotopic (exact) mass is 322 g/mol.